The van der Waals surface area contributed by atoms with Gasteiger partial charge in [0.2, 0.25) is 6.10 Å². The quantitative estimate of drug-likeness (QED) is 0.762. The van der Waals surface area contributed by atoms with Gasteiger partial charge in [0.05, 0.1) is 12.2 Å². The van der Waals surface area contributed by atoms with Crippen molar-refractivity contribution < 1.29 is 27.4 Å². The SMILES string of the molecule is CCOC(=O)C1=Cc2ccc(N(CC)CC)cc2OC1C(F)(F)F. The minimum Gasteiger partial charge on any atom is -0.475 e. The number of hydrogen-bond acceptors (Lipinski definition) is 4. The van der Waals surface area contributed by atoms with Gasteiger partial charge in [-0.15, -0.1) is 0 Å². The molecule has 1 heterocycles. The van der Waals surface area contributed by atoms with Crippen molar-refractivity contribution in [2.24, 2.45) is 0 Å². The molecule has 7 heteroatoms. The van der Waals surface area contributed by atoms with Crippen molar-refractivity contribution in [1.29, 1.82) is 0 Å². The van der Waals surface area contributed by atoms with Crippen LogP contribution in [0.2, 0.25) is 0 Å². The Hall–Kier alpha value is -2.18. The summed E-state index contributed by atoms with van der Waals surface area (Å²) in [5, 5.41) is 0. The molecule has 0 bridgehead atoms. The number of carbonyl (C=O) groups is 1. The van der Waals surface area contributed by atoms with E-state index >= 15 is 0 Å². The fourth-order valence-corrected chi connectivity index (χ4v) is 2.59. The number of halogens is 3. The molecule has 0 radical (unpaired) electrons. The molecule has 0 saturated heterocycles. The molecule has 0 amide bonds. The Labute approximate surface area is 138 Å². The number of benzene rings is 1. The summed E-state index contributed by atoms with van der Waals surface area (Å²) in [5.74, 6) is -0.909. The Morgan fingerprint density at radius 1 is 1.25 bits per heavy atom. The Morgan fingerprint density at radius 3 is 2.46 bits per heavy atom. The minimum absolute atomic E-state index is 0.00545. The van der Waals surface area contributed by atoms with Crippen molar-refractivity contribution in [2.45, 2.75) is 33.1 Å². The van der Waals surface area contributed by atoms with Gasteiger partial charge in [-0.05, 0) is 39.0 Å². The van der Waals surface area contributed by atoms with Crippen LogP contribution in [0, 0.1) is 0 Å². The third kappa shape index (κ3) is 3.66. The van der Waals surface area contributed by atoms with Gasteiger partial charge in [0.15, 0.2) is 0 Å². The van der Waals surface area contributed by atoms with Crippen molar-refractivity contribution in [3.8, 4) is 5.75 Å². The molecule has 132 valence electrons. The summed E-state index contributed by atoms with van der Waals surface area (Å²) in [6.07, 6.45) is -5.83. The Bertz CT molecular complexity index is 636. The monoisotopic (exact) mass is 343 g/mol. The Morgan fingerprint density at radius 2 is 1.92 bits per heavy atom. The summed E-state index contributed by atoms with van der Waals surface area (Å²) in [6.45, 7) is 6.90. The summed E-state index contributed by atoms with van der Waals surface area (Å²) in [7, 11) is 0. The van der Waals surface area contributed by atoms with Crippen LogP contribution < -0.4 is 9.64 Å². The average Bonchev–Trinajstić information content (AvgIpc) is 2.54. The predicted octanol–water partition coefficient (Wildman–Crippen LogP) is 3.80. The fourth-order valence-electron chi connectivity index (χ4n) is 2.59. The lowest BCUT2D eigenvalue weighted by atomic mass is 10.0. The van der Waals surface area contributed by atoms with Gasteiger partial charge in [0.1, 0.15) is 5.75 Å². The molecule has 2 rings (SSSR count). The average molecular weight is 343 g/mol. The van der Waals surface area contributed by atoms with Gasteiger partial charge in [0.25, 0.3) is 0 Å². The van der Waals surface area contributed by atoms with E-state index in [1.54, 1.807) is 18.2 Å². The first-order chi connectivity index (χ1) is 11.3. The number of ether oxygens (including phenoxy) is 2. The highest BCUT2D eigenvalue weighted by atomic mass is 19.4. The van der Waals surface area contributed by atoms with E-state index in [4.69, 9.17) is 9.47 Å². The van der Waals surface area contributed by atoms with Crippen LogP contribution in [-0.4, -0.2) is 37.9 Å². The molecule has 0 aromatic heterocycles. The highest BCUT2D eigenvalue weighted by Crippen LogP contribution is 2.39. The number of anilines is 1. The summed E-state index contributed by atoms with van der Waals surface area (Å²) in [4.78, 5) is 13.9. The number of alkyl halides is 3. The lowest BCUT2D eigenvalue weighted by molar-refractivity contribution is -0.187. The molecule has 0 spiro atoms. The van der Waals surface area contributed by atoms with Crippen LogP contribution in [-0.2, 0) is 9.53 Å². The van der Waals surface area contributed by atoms with Crippen LogP contribution in [0.15, 0.2) is 23.8 Å². The third-order valence-corrected chi connectivity index (χ3v) is 3.77. The maximum Gasteiger partial charge on any atom is 0.430 e. The molecule has 1 aliphatic rings. The molecule has 1 aromatic carbocycles. The molecule has 0 saturated carbocycles. The van der Waals surface area contributed by atoms with E-state index in [1.807, 2.05) is 18.7 Å². The summed E-state index contributed by atoms with van der Waals surface area (Å²) < 4.78 is 49.7. The van der Waals surface area contributed by atoms with Crippen molar-refractivity contribution in [3.63, 3.8) is 0 Å². The van der Waals surface area contributed by atoms with Gasteiger partial charge in [-0.2, -0.15) is 13.2 Å². The van der Waals surface area contributed by atoms with Crippen LogP contribution in [0.25, 0.3) is 6.08 Å². The zero-order chi connectivity index (χ0) is 17.9. The van der Waals surface area contributed by atoms with Gasteiger partial charge in [-0.3, -0.25) is 0 Å². The number of fused-ring (bicyclic) bond motifs is 1. The minimum atomic E-state index is -4.71. The molecule has 0 N–H and O–H groups in total. The molecule has 24 heavy (non-hydrogen) atoms. The smallest absolute Gasteiger partial charge is 0.430 e. The number of esters is 1. The van der Waals surface area contributed by atoms with E-state index < -0.39 is 23.8 Å². The van der Waals surface area contributed by atoms with Gasteiger partial charge < -0.3 is 14.4 Å². The number of hydrogen-bond donors (Lipinski definition) is 0. The van der Waals surface area contributed by atoms with Crippen LogP contribution >= 0.6 is 0 Å². The van der Waals surface area contributed by atoms with Gasteiger partial charge in [-0.1, -0.05) is 0 Å². The summed E-state index contributed by atoms with van der Waals surface area (Å²) in [5.41, 5.74) is 0.662. The van der Waals surface area contributed by atoms with E-state index in [1.165, 1.54) is 13.0 Å². The van der Waals surface area contributed by atoms with Crippen molar-refractivity contribution in [1.82, 2.24) is 0 Å². The van der Waals surface area contributed by atoms with Crippen LogP contribution in [0.3, 0.4) is 0 Å². The number of rotatable bonds is 5. The summed E-state index contributed by atoms with van der Waals surface area (Å²) >= 11 is 0. The highest BCUT2D eigenvalue weighted by molar-refractivity contribution is 5.96. The van der Waals surface area contributed by atoms with E-state index in [-0.39, 0.29) is 12.4 Å². The molecule has 1 atom stereocenters. The van der Waals surface area contributed by atoms with Crippen LogP contribution in [0.4, 0.5) is 18.9 Å². The molecule has 0 aliphatic carbocycles. The van der Waals surface area contributed by atoms with Crippen LogP contribution in [0.1, 0.15) is 26.3 Å². The lowest BCUT2D eigenvalue weighted by Gasteiger charge is -2.29. The number of carbonyl (C=O) groups excluding carboxylic acids is 1. The molecule has 1 aliphatic heterocycles. The van der Waals surface area contributed by atoms with Crippen LogP contribution in [0.5, 0.6) is 5.75 Å². The Kier molecular flexibility index (Phi) is 5.41. The Balaban J connectivity index is 2.45. The lowest BCUT2D eigenvalue weighted by Crippen LogP contribution is -2.40. The van der Waals surface area contributed by atoms with E-state index in [0.717, 1.165) is 18.8 Å². The van der Waals surface area contributed by atoms with E-state index in [0.29, 0.717) is 5.56 Å². The molecular formula is C17H20F3NO3. The topological polar surface area (TPSA) is 38.8 Å². The van der Waals surface area contributed by atoms with Crippen molar-refractivity contribution >= 4 is 17.7 Å². The fraction of sp³-hybridized carbons (Fsp3) is 0.471. The van der Waals surface area contributed by atoms with E-state index in [2.05, 4.69) is 0 Å². The third-order valence-electron chi connectivity index (χ3n) is 3.77. The normalized spacial score (nSPS) is 16.8. The first-order valence-electron chi connectivity index (χ1n) is 7.82. The standard InChI is InChI=1S/C17H20F3NO3/c1-4-21(5-2)12-8-7-11-9-13(16(22)23-6-3)15(17(18,19)20)24-14(11)10-12/h7-10,15H,4-6H2,1-3H3. The molecular weight excluding hydrogens is 323 g/mol. The predicted molar refractivity (Wildman–Crippen MR) is 85.1 cm³/mol. The molecule has 4 nitrogen and oxygen atoms in total. The van der Waals surface area contributed by atoms with Crippen molar-refractivity contribution in [2.75, 3.05) is 24.6 Å². The zero-order valence-electron chi connectivity index (χ0n) is 13.8. The second kappa shape index (κ2) is 7.15. The zero-order valence-corrected chi connectivity index (χ0v) is 13.8. The number of nitrogens with zero attached hydrogens (tertiary/aromatic N) is 1. The van der Waals surface area contributed by atoms with E-state index in [9.17, 15) is 18.0 Å². The molecule has 1 unspecified atom stereocenters. The highest BCUT2D eigenvalue weighted by Gasteiger charge is 2.48. The maximum atomic E-state index is 13.3. The maximum absolute atomic E-state index is 13.3. The second-order valence-corrected chi connectivity index (χ2v) is 5.25. The first-order valence-corrected chi connectivity index (χ1v) is 7.82. The van der Waals surface area contributed by atoms with Gasteiger partial charge in [0, 0.05) is 30.4 Å². The van der Waals surface area contributed by atoms with Gasteiger partial charge in [-0.25, -0.2) is 4.79 Å². The molecule has 1 aromatic rings. The second-order valence-electron chi connectivity index (χ2n) is 5.25. The first kappa shape index (κ1) is 18.2. The summed E-state index contributed by atoms with van der Waals surface area (Å²) in [6, 6.07) is 5.01. The van der Waals surface area contributed by atoms with Gasteiger partial charge >= 0.3 is 12.1 Å². The molecule has 0 fully saturated rings. The van der Waals surface area contributed by atoms with Crippen molar-refractivity contribution in [3.05, 3.63) is 29.3 Å². The largest absolute Gasteiger partial charge is 0.475 e.